The van der Waals surface area contributed by atoms with Gasteiger partial charge >= 0.3 is 0 Å². The van der Waals surface area contributed by atoms with Crippen LogP contribution in [0.1, 0.15) is 18.5 Å². The molecule has 0 fully saturated rings. The first kappa shape index (κ1) is 14.6. The Labute approximate surface area is 130 Å². The average Bonchev–Trinajstić information content (AvgIpc) is 2.98. The topological polar surface area (TPSA) is 39.1 Å². The van der Waals surface area contributed by atoms with Gasteiger partial charge in [0.1, 0.15) is 5.75 Å². The molecule has 0 saturated carbocycles. The van der Waals surface area contributed by atoms with E-state index >= 15 is 0 Å². The maximum atomic E-state index is 5.42. The molecule has 114 valence electrons. The van der Waals surface area contributed by atoms with Gasteiger partial charge in [-0.05, 0) is 25.1 Å². The van der Waals surface area contributed by atoms with Crippen LogP contribution in [0.3, 0.4) is 0 Å². The van der Waals surface area contributed by atoms with Gasteiger partial charge in [-0.25, -0.2) is 4.98 Å². The number of nitrogens with zero attached hydrogens (tertiary/aromatic N) is 2. The fourth-order valence-electron chi connectivity index (χ4n) is 2.72. The van der Waals surface area contributed by atoms with Gasteiger partial charge in [-0.1, -0.05) is 30.3 Å². The predicted octanol–water partition coefficient (Wildman–Crippen LogP) is 3.40. The van der Waals surface area contributed by atoms with Crippen LogP contribution in [-0.4, -0.2) is 23.2 Å². The molecule has 2 aromatic carbocycles. The molecule has 22 heavy (non-hydrogen) atoms. The molecule has 1 N–H and O–H groups in total. The highest BCUT2D eigenvalue weighted by atomic mass is 16.5. The van der Waals surface area contributed by atoms with Crippen molar-refractivity contribution in [3.63, 3.8) is 0 Å². The maximum absolute atomic E-state index is 5.42. The molecule has 1 atom stereocenters. The molecular weight excluding hydrogens is 274 g/mol. The molecule has 0 radical (unpaired) electrons. The van der Waals surface area contributed by atoms with E-state index < -0.39 is 0 Å². The van der Waals surface area contributed by atoms with Crippen molar-refractivity contribution in [3.05, 3.63) is 60.4 Å². The lowest BCUT2D eigenvalue weighted by Crippen LogP contribution is -2.23. The van der Waals surface area contributed by atoms with Crippen LogP contribution in [0.25, 0.3) is 11.0 Å². The monoisotopic (exact) mass is 295 g/mol. The lowest BCUT2D eigenvalue weighted by Gasteiger charge is -2.17. The van der Waals surface area contributed by atoms with E-state index in [9.17, 15) is 0 Å². The Morgan fingerprint density at radius 2 is 1.91 bits per heavy atom. The largest absolute Gasteiger partial charge is 0.496 e. The number of para-hydroxylation sites is 3. The molecule has 0 spiro atoms. The van der Waals surface area contributed by atoms with Gasteiger partial charge in [0, 0.05) is 24.7 Å². The maximum Gasteiger partial charge on any atom is 0.123 e. The van der Waals surface area contributed by atoms with Gasteiger partial charge < -0.3 is 14.6 Å². The van der Waals surface area contributed by atoms with Crippen LogP contribution in [0.15, 0.2) is 54.9 Å². The summed E-state index contributed by atoms with van der Waals surface area (Å²) >= 11 is 0. The first-order valence-corrected chi connectivity index (χ1v) is 7.56. The number of fused-ring (bicyclic) bond motifs is 1. The van der Waals surface area contributed by atoms with Crippen LogP contribution in [0.2, 0.25) is 0 Å². The van der Waals surface area contributed by atoms with Crippen LogP contribution < -0.4 is 10.1 Å². The first-order valence-electron chi connectivity index (χ1n) is 7.56. The zero-order chi connectivity index (χ0) is 15.4. The summed E-state index contributed by atoms with van der Waals surface area (Å²) in [7, 11) is 1.71. The number of rotatable bonds is 6. The molecule has 1 unspecified atom stereocenters. The summed E-state index contributed by atoms with van der Waals surface area (Å²) in [6.45, 7) is 3.92. The van der Waals surface area contributed by atoms with Crippen molar-refractivity contribution in [2.45, 2.75) is 19.5 Å². The normalized spacial score (nSPS) is 12.5. The second-order valence-electron chi connectivity index (χ2n) is 5.34. The third-order valence-electron chi connectivity index (χ3n) is 3.94. The minimum atomic E-state index is 0.242. The van der Waals surface area contributed by atoms with Crippen LogP contribution >= 0.6 is 0 Å². The summed E-state index contributed by atoms with van der Waals surface area (Å²) in [5.74, 6) is 0.926. The van der Waals surface area contributed by atoms with E-state index in [-0.39, 0.29) is 6.04 Å². The van der Waals surface area contributed by atoms with E-state index in [2.05, 4.69) is 33.9 Å². The summed E-state index contributed by atoms with van der Waals surface area (Å²) in [4.78, 5) is 4.42. The number of aromatic nitrogens is 2. The highest BCUT2D eigenvalue weighted by Gasteiger charge is 2.10. The molecule has 3 rings (SSSR count). The zero-order valence-electron chi connectivity index (χ0n) is 13.0. The number of ether oxygens (including phenoxy) is 1. The second kappa shape index (κ2) is 6.62. The summed E-state index contributed by atoms with van der Waals surface area (Å²) in [6, 6.07) is 16.6. The molecule has 0 aliphatic rings. The van der Waals surface area contributed by atoms with Gasteiger partial charge in [-0.15, -0.1) is 0 Å². The molecule has 4 heteroatoms. The number of methoxy groups -OCH3 is 1. The molecule has 1 aromatic heterocycles. The van der Waals surface area contributed by atoms with Crippen LogP contribution in [0, 0.1) is 0 Å². The van der Waals surface area contributed by atoms with Gasteiger partial charge in [0.2, 0.25) is 0 Å². The number of benzene rings is 2. The summed E-state index contributed by atoms with van der Waals surface area (Å²) < 4.78 is 7.60. The average molecular weight is 295 g/mol. The van der Waals surface area contributed by atoms with Gasteiger partial charge in [0.15, 0.2) is 0 Å². The van der Waals surface area contributed by atoms with Crippen LogP contribution in [0.4, 0.5) is 0 Å². The van der Waals surface area contributed by atoms with Crippen molar-refractivity contribution in [1.29, 1.82) is 0 Å². The van der Waals surface area contributed by atoms with E-state index in [4.69, 9.17) is 4.74 Å². The third kappa shape index (κ3) is 2.97. The molecule has 3 aromatic rings. The van der Waals surface area contributed by atoms with E-state index in [0.717, 1.165) is 24.4 Å². The molecule has 1 heterocycles. The van der Waals surface area contributed by atoms with Gasteiger partial charge in [-0.3, -0.25) is 0 Å². The van der Waals surface area contributed by atoms with Crippen LogP contribution in [0.5, 0.6) is 5.75 Å². The second-order valence-corrected chi connectivity index (χ2v) is 5.34. The first-order chi connectivity index (χ1) is 10.8. The van der Waals surface area contributed by atoms with Crippen molar-refractivity contribution in [2.75, 3.05) is 13.7 Å². The molecule has 0 saturated heterocycles. The van der Waals surface area contributed by atoms with Gasteiger partial charge in [0.25, 0.3) is 0 Å². The highest BCUT2D eigenvalue weighted by Crippen LogP contribution is 2.24. The predicted molar refractivity (Wildman–Crippen MR) is 89.1 cm³/mol. The molecule has 0 aliphatic heterocycles. The Balaban J connectivity index is 1.63. The van der Waals surface area contributed by atoms with Crippen LogP contribution in [-0.2, 0) is 6.54 Å². The Bertz CT molecular complexity index is 751. The number of hydrogen-bond acceptors (Lipinski definition) is 3. The summed E-state index contributed by atoms with van der Waals surface area (Å²) in [6.07, 6.45) is 1.90. The smallest absolute Gasteiger partial charge is 0.123 e. The fourth-order valence-corrected chi connectivity index (χ4v) is 2.72. The Hall–Kier alpha value is -2.33. The standard InChI is InChI=1S/C18H21N3O/c1-14(15-7-3-6-10-18(15)22-2)19-11-12-21-13-20-16-8-4-5-9-17(16)21/h3-10,13-14,19H,11-12H2,1-2H3. The molecule has 0 amide bonds. The third-order valence-corrected chi connectivity index (χ3v) is 3.94. The SMILES string of the molecule is COc1ccccc1C(C)NCCn1cnc2ccccc21. The molecular formula is C18H21N3O. The zero-order valence-corrected chi connectivity index (χ0v) is 13.0. The van der Waals surface area contributed by atoms with E-state index in [1.165, 1.54) is 11.1 Å². The minimum absolute atomic E-state index is 0.242. The summed E-state index contributed by atoms with van der Waals surface area (Å²) in [5.41, 5.74) is 3.40. The van der Waals surface area contributed by atoms with Crippen molar-refractivity contribution < 1.29 is 4.74 Å². The van der Waals surface area contributed by atoms with Crippen molar-refractivity contribution in [2.24, 2.45) is 0 Å². The number of imidazole rings is 1. The van der Waals surface area contributed by atoms with E-state index in [0.29, 0.717) is 0 Å². The van der Waals surface area contributed by atoms with Gasteiger partial charge in [0.05, 0.1) is 24.5 Å². The lowest BCUT2D eigenvalue weighted by molar-refractivity contribution is 0.401. The molecule has 0 bridgehead atoms. The lowest BCUT2D eigenvalue weighted by atomic mass is 10.1. The van der Waals surface area contributed by atoms with E-state index in [1.807, 2.05) is 42.7 Å². The minimum Gasteiger partial charge on any atom is -0.496 e. The highest BCUT2D eigenvalue weighted by molar-refractivity contribution is 5.74. The Morgan fingerprint density at radius 1 is 1.14 bits per heavy atom. The Kier molecular flexibility index (Phi) is 4.39. The molecule has 4 nitrogen and oxygen atoms in total. The van der Waals surface area contributed by atoms with Crippen molar-refractivity contribution in [3.8, 4) is 5.75 Å². The van der Waals surface area contributed by atoms with Crippen molar-refractivity contribution in [1.82, 2.24) is 14.9 Å². The van der Waals surface area contributed by atoms with Gasteiger partial charge in [-0.2, -0.15) is 0 Å². The number of nitrogens with one attached hydrogen (secondary N) is 1. The molecule has 0 aliphatic carbocycles. The van der Waals surface area contributed by atoms with Crippen molar-refractivity contribution >= 4 is 11.0 Å². The fraction of sp³-hybridized carbons (Fsp3) is 0.278. The summed E-state index contributed by atoms with van der Waals surface area (Å²) in [5, 5.41) is 3.55. The van der Waals surface area contributed by atoms with E-state index in [1.54, 1.807) is 7.11 Å². The quantitative estimate of drug-likeness (QED) is 0.757. The Morgan fingerprint density at radius 3 is 2.77 bits per heavy atom. The number of hydrogen-bond donors (Lipinski definition) is 1.